The Morgan fingerprint density at radius 2 is 1.64 bits per heavy atom. The quantitative estimate of drug-likeness (QED) is 0.612. The van der Waals surface area contributed by atoms with Crippen LogP contribution in [0.4, 0.5) is 0 Å². The maximum Gasteiger partial charge on any atom is 0.0454 e. The van der Waals surface area contributed by atoms with E-state index in [-0.39, 0.29) is 0 Å². The molecule has 0 unspecified atom stereocenters. The van der Waals surface area contributed by atoms with Crippen LogP contribution in [0, 0.1) is 27.7 Å². The first-order chi connectivity index (χ1) is 6.61. The van der Waals surface area contributed by atoms with Crippen LogP contribution in [0.2, 0.25) is 0 Å². The minimum absolute atomic E-state index is 1.13. The van der Waals surface area contributed by atoms with E-state index in [1.54, 1.807) is 0 Å². The van der Waals surface area contributed by atoms with Gasteiger partial charge in [-0.2, -0.15) is 0 Å². The average Bonchev–Trinajstić information content (AvgIpc) is 2.14. The fourth-order valence-corrected chi connectivity index (χ4v) is 2.04. The topological polar surface area (TPSA) is 12.9 Å². The number of nitrogens with zero attached hydrogens (tertiary/aromatic N) is 1. The van der Waals surface area contributed by atoms with Crippen molar-refractivity contribution in [3.63, 3.8) is 0 Å². The van der Waals surface area contributed by atoms with Gasteiger partial charge in [-0.05, 0) is 44.2 Å². The third kappa shape index (κ3) is 1.20. The molecule has 0 aliphatic heterocycles. The Bertz CT molecular complexity index is 498. The summed E-state index contributed by atoms with van der Waals surface area (Å²) in [5, 5.41) is 2.66. The maximum absolute atomic E-state index is 4.54. The lowest BCUT2D eigenvalue weighted by Crippen LogP contribution is -1.94. The first-order valence-corrected chi connectivity index (χ1v) is 4.94. The summed E-state index contributed by atoms with van der Waals surface area (Å²) in [5.41, 5.74) is 4.92. The molecular weight excluding hydrogens is 170 g/mol. The summed E-state index contributed by atoms with van der Waals surface area (Å²) in [5.74, 6) is 0. The highest BCUT2D eigenvalue weighted by Crippen LogP contribution is 2.25. The molecule has 0 spiro atoms. The summed E-state index contributed by atoms with van der Waals surface area (Å²) in [6.07, 6.45) is 0. The Balaban J connectivity index is 3.03. The normalized spacial score (nSPS) is 10.9. The van der Waals surface area contributed by atoms with Gasteiger partial charge in [-0.25, -0.2) is 0 Å². The van der Waals surface area contributed by atoms with E-state index >= 15 is 0 Å². The van der Waals surface area contributed by atoms with Crippen molar-refractivity contribution in [2.45, 2.75) is 27.7 Å². The zero-order valence-electron chi connectivity index (χ0n) is 9.18. The van der Waals surface area contributed by atoms with Crippen molar-refractivity contribution >= 4 is 10.8 Å². The van der Waals surface area contributed by atoms with Crippen LogP contribution in [0.15, 0.2) is 18.2 Å². The van der Waals surface area contributed by atoms with Gasteiger partial charge in [0.2, 0.25) is 0 Å². The Labute approximate surface area is 84.8 Å². The molecule has 1 aromatic heterocycles. The minimum Gasteiger partial charge on any atom is -0.258 e. The second-order valence-corrected chi connectivity index (χ2v) is 3.91. The van der Waals surface area contributed by atoms with E-state index in [9.17, 15) is 0 Å². The zero-order valence-corrected chi connectivity index (χ0v) is 9.18. The summed E-state index contributed by atoms with van der Waals surface area (Å²) in [6.45, 7) is 8.47. The van der Waals surface area contributed by atoms with Gasteiger partial charge in [0, 0.05) is 16.8 Å². The largest absolute Gasteiger partial charge is 0.258 e. The van der Waals surface area contributed by atoms with Gasteiger partial charge in [-0.1, -0.05) is 18.2 Å². The molecule has 0 saturated heterocycles. The van der Waals surface area contributed by atoms with E-state index in [1.165, 1.54) is 21.9 Å². The number of hydrogen-bond acceptors (Lipinski definition) is 1. The molecule has 1 heteroatoms. The molecule has 72 valence electrons. The second-order valence-electron chi connectivity index (χ2n) is 3.91. The van der Waals surface area contributed by atoms with Crippen molar-refractivity contribution in [2.75, 3.05) is 0 Å². The first-order valence-electron chi connectivity index (χ1n) is 4.94. The van der Waals surface area contributed by atoms with Crippen molar-refractivity contribution in [3.05, 3.63) is 40.7 Å². The SMILES string of the molecule is Cc1nc(C)c2cccc(C)c2c1C. The average molecular weight is 185 g/mol. The number of benzene rings is 1. The number of rotatable bonds is 0. The lowest BCUT2D eigenvalue weighted by atomic mass is 9.99. The van der Waals surface area contributed by atoms with E-state index in [4.69, 9.17) is 0 Å². The second kappa shape index (κ2) is 3.09. The third-order valence-corrected chi connectivity index (χ3v) is 2.92. The number of aromatic nitrogens is 1. The highest BCUT2D eigenvalue weighted by atomic mass is 14.7. The number of hydrogen-bond donors (Lipinski definition) is 0. The monoisotopic (exact) mass is 185 g/mol. The van der Waals surface area contributed by atoms with Crippen molar-refractivity contribution in [2.24, 2.45) is 0 Å². The first kappa shape index (κ1) is 9.20. The van der Waals surface area contributed by atoms with Crippen LogP contribution in [0.25, 0.3) is 10.8 Å². The summed E-state index contributed by atoms with van der Waals surface area (Å²) < 4.78 is 0. The Morgan fingerprint density at radius 3 is 2.36 bits per heavy atom. The van der Waals surface area contributed by atoms with Gasteiger partial charge in [0.15, 0.2) is 0 Å². The maximum atomic E-state index is 4.54. The van der Waals surface area contributed by atoms with Gasteiger partial charge in [0.25, 0.3) is 0 Å². The Kier molecular flexibility index (Phi) is 2.03. The molecule has 0 N–H and O–H groups in total. The van der Waals surface area contributed by atoms with Crippen molar-refractivity contribution in [3.8, 4) is 0 Å². The van der Waals surface area contributed by atoms with Crippen LogP contribution >= 0.6 is 0 Å². The number of pyridine rings is 1. The summed E-state index contributed by atoms with van der Waals surface area (Å²) in [7, 11) is 0. The molecule has 0 amide bonds. The van der Waals surface area contributed by atoms with Crippen molar-refractivity contribution < 1.29 is 0 Å². The Morgan fingerprint density at radius 1 is 0.929 bits per heavy atom. The van der Waals surface area contributed by atoms with E-state index in [0.29, 0.717) is 0 Å². The predicted octanol–water partition coefficient (Wildman–Crippen LogP) is 3.47. The van der Waals surface area contributed by atoms with Gasteiger partial charge in [0.1, 0.15) is 0 Å². The molecule has 0 radical (unpaired) electrons. The van der Waals surface area contributed by atoms with Crippen LogP contribution in [0.1, 0.15) is 22.5 Å². The standard InChI is InChI=1S/C13H15N/c1-8-6-5-7-12-11(4)14-10(3)9(2)13(8)12/h5-7H,1-4H3. The molecule has 0 atom stereocenters. The summed E-state index contributed by atoms with van der Waals surface area (Å²) in [6, 6.07) is 6.41. The smallest absolute Gasteiger partial charge is 0.0454 e. The molecule has 1 nitrogen and oxygen atoms in total. The van der Waals surface area contributed by atoms with Crippen LogP contribution in [0.3, 0.4) is 0 Å². The molecule has 2 aromatic rings. The molecule has 1 heterocycles. The van der Waals surface area contributed by atoms with Gasteiger partial charge < -0.3 is 0 Å². The van der Waals surface area contributed by atoms with E-state index in [1.807, 2.05) is 0 Å². The van der Waals surface area contributed by atoms with Gasteiger partial charge in [-0.15, -0.1) is 0 Å². The fourth-order valence-electron chi connectivity index (χ4n) is 2.04. The lowest BCUT2D eigenvalue weighted by Gasteiger charge is -2.10. The molecule has 0 aliphatic rings. The number of fused-ring (bicyclic) bond motifs is 1. The number of aryl methyl sites for hydroxylation is 4. The summed E-state index contributed by atoms with van der Waals surface area (Å²) in [4.78, 5) is 4.54. The molecule has 1 aromatic carbocycles. The third-order valence-electron chi connectivity index (χ3n) is 2.92. The van der Waals surface area contributed by atoms with Gasteiger partial charge in [-0.3, -0.25) is 4.98 Å². The van der Waals surface area contributed by atoms with Crippen molar-refractivity contribution in [1.29, 1.82) is 0 Å². The Hall–Kier alpha value is -1.37. The van der Waals surface area contributed by atoms with Gasteiger partial charge >= 0.3 is 0 Å². The van der Waals surface area contributed by atoms with Crippen LogP contribution in [0.5, 0.6) is 0 Å². The van der Waals surface area contributed by atoms with Crippen LogP contribution < -0.4 is 0 Å². The van der Waals surface area contributed by atoms with Gasteiger partial charge in [0.05, 0.1) is 0 Å². The molecule has 14 heavy (non-hydrogen) atoms. The minimum atomic E-state index is 1.13. The molecule has 0 aliphatic carbocycles. The van der Waals surface area contributed by atoms with E-state index in [2.05, 4.69) is 50.9 Å². The molecular formula is C13H15N. The zero-order chi connectivity index (χ0) is 10.3. The van der Waals surface area contributed by atoms with Crippen LogP contribution in [-0.2, 0) is 0 Å². The van der Waals surface area contributed by atoms with Crippen molar-refractivity contribution in [1.82, 2.24) is 4.98 Å². The highest BCUT2D eigenvalue weighted by Gasteiger charge is 2.06. The molecule has 0 saturated carbocycles. The fraction of sp³-hybridized carbons (Fsp3) is 0.308. The van der Waals surface area contributed by atoms with Crippen LogP contribution in [-0.4, -0.2) is 4.98 Å². The summed E-state index contributed by atoms with van der Waals surface area (Å²) >= 11 is 0. The molecule has 2 rings (SSSR count). The molecule has 0 fully saturated rings. The lowest BCUT2D eigenvalue weighted by molar-refractivity contribution is 1.12. The predicted molar refractivity (Wildman–Crippen MR) is 60.7 cm³/mol. The molecule has 0 bridgehead atoms. The highest BCUT2D eigenvalue weighted by molar-refractivity contribution is 5.90. The van der Waals surface area contributed by atoms with E-state index in [0.717, 1.165) is 11.4 Å². The van der Waals surface area contributed by atoms with E-state index < -0.39 is 0 Å².